The first-order valence-electron chi connectivity index (χ1n) is 8.20. The lowest BCUT2D eigenvalue weighted by molar-refractivity contribution is 0.0930. The molecule has 1 unspecified atom stereocenters. The summed E-state index contributed by atoms with van der Waals surface area (Å²) in [6, 6.07) is 10.8. The van der Waals surface area contributed by atoms with Crippen LogP contribution in [0.4, 0.5) is 8.78 Å². The Balaban J connectivity index is 2.21. The molecule has 0 spiro atoms. The van der Waals surface area contributed by atoms with Crippen LogP contribution in [0, 0.1) is 11.6 Å². The van der Waals surface area contributed by atoms with E-state index in [0.29, 0.717) is 5.02 Å². The Labute approximate surface area is 151 Å². The maximum absolute atomic E-state index is 13.8. The van der Waals surface area contributed by atoms with Crippen molar-refractivity contribution in [3.05, 3.63) is 70.2 Å². The van der Waals surface area contributed by atoms with Crippen molar-refractivity contribution < 1.29 is 13.6 Å². The molecule has 0 bridgehead atoms. The second kappa shape index (κ2) is 8.92. The van der Waals surface area contributed by atoms with E-state index in [1.54, 1.807) is 6.07 Å². The standard InChI is InChI=1S/C19H21ClF2N2O/c1-3-24(4-2)17(13-8-5-6-10-15(13)20)12-23-19(25)14-9-7-11-16(21)18(14)22/h5-11,17H,3-4,12H2,1-2H3,(H,23,25). The molecule has 1 atom stereocenters. The average Bonchev–Trinajstić information content (AvgIpc) is 2.61. The quantitative estimate of drug-likeness (QED) is 0.786. The van der Waals surface area contributed by atoms with Crippen LogP contribution in [-0.4, -0.2) is 30.4 Å². The largest absolute Gasteiger partial charge is 0.350 e. The Morgan fingerprint density at radius 1 is 1.12 bits per heavy atom. The Kier molecular flexibility index (Phi) is 6.91. The van der Waals surface area contributed by atoms with E-state index in [4.69, 9.17) is 11.6 Å². The van der Waals surface area contributed by atoms with Gasteiger partial charge in [-0.25, -0.2) is 8.78 Å². The minimum atomic E-state index is -1.14. The fourth-order valence-corrected chi connectivity index (χ4v) is 3.07. The molecule has 1 amide bonds. The summed E-state index contributed by atoms with van der Waals surface area (Å²) in [5, 5.41) is 3.30. The SMILES string of the molecule is CCN(CC)C(CNC(=O)c1cccc(F)c1F)c1ccccc1Cl. The summed E-state index contributed by atoms with van der Waals surface area (Å²) in [7, 11) is 0. The lowest BCUT2D eigenvalue weighted by Gasteiger charge is -2.31. The molecule has 6 heteroatoms. The zero-order valence-electron chi connectivity index (χ0n) is 14.2. The molecule has 0 aliphatic heterocycles. The second-order valence-corrected chi connectivity index (χ2v) is 5.98. The van der Waals surface area contributed by atoms with Gasteiger partial charge in [-0.3, -0.25) is 9.69 Å². The van der Waals surface area contributed by atoms with Crippen LogP contribution in [0.3, 0.4) is 0 Å². The fourth-order valence-electron chi connectivity index (χ4n) is 2.81. The van der Waals surface area contributed by atoms with Crippen molar-refractivity contribution in [2.45, 2.75) is 19.9 Å². The van der Waals surface area contributed by atoms with Crippen LogP contribution in [-0.2, 0) is 0 Å². The first-order chi connectivity index (χ1) is 12.0. The number of halogens is 3. The molecule has 0 radical (unpaired) electrons. The van der Waals surface area contributed by atoms with Crippen LogP contribution in [0.5, 0.6) is 0 Å². The summed E-state index contributed by atoms with van der Waals surface area (Å²) < 4.78 is 27.1. The summed E-state index contributed by atoms with van der Waals surface area (Å²) in [6.07, 6.45) is 0. The van der Waals surface area contributed by atoms with Crippen LogP contribution < -0.4 is 5.32 Å². The molecule has 2 aromatic rings. The van der Waals surface area contributed by atoms with Crippen molar-refractivity contribution in [1.29, 1.82) is 0 Å². The van der Waals surface area contributed by atoms with Crippen molar-refractivity contribution in [1.82, 2.24) is 10.2 Å². The predicted octanol–water partition coefficient (Wildman–Crippen LogP) is 4.43. The Hall–Kier alpha value is -1.98. The molecule has 134 valence electrons. The molecule has 0 aliphatic rings. The van der Waals surface area contributed by atoms with Crippen LogP contribution in [0.15, 0.2) is 42.5 Å². The van der Waals surface area contributed by atoms with Gasteiger partial charge < -0.3 is 5.32 Å². The van der Waals surface area contributed by atoms with Crippen molar-refractivity contribution in [2.24, 2.45) is 0 Å². The number of hydrogen-bond donors (Lipinski definition) is 1. The molecule has 25 heavy (non-hydrogen) atoms. The highest BCUT2D eigenvalue weighted by Crippen LogP contribution is 2.27. The summed E-state index contributed by atoms with van der Waals surface area (Å²) in [6.45, 7) is 5.79. The number of hydrogen-bond acceptors (Lipinski definition) is 2. The smallest absolute Gasteiger partial charge is 0.254 e. The predicted molar refractivity (Wildman–Crippen MR) is 95.8 cm³/mol. The molecule has 2 rings (SSSR count). The van der Waals surface area contributed by atoms with Crippen molar-refractivity contribution >= 4 is 17.5 Å². The van der Waals surface area contributed by atoms with E-state index in [1.165, 1.54) is 12.1 Å². The topological polar surface area (TPSA) is 32.3 Å². The van der Waals surface area contributed by atoms with Gasteiger partial charge >= 0.3 is 0 Å². The van der Waals surface area contributed by atoms with E-state index < -0.39 is 17.5 Å². The van der Waals surface area contributed by atoms with Crippen LogP contribution in [0.1, 0.15) is 35.8 Å². The third-order valence-electron chi connectivity index (χ3n) is 4.17. The maximum Gasteiger partial charge on any atom is 0.254 e. The highest BCUT2D eigenvalue weighted by Gasteiger charge is 2.22. The van der Waals surface area contributed by atoms with E-state index in [1.807, 2.05) is 32.0 Å². The van der Waals surface area contributed by atoms with E-state index in [9.17, 15) is 13.6 Å². The van der Waals surface area contributed by atoms with Gasteiger partial charge in [-0.05, 0) is 36.9 Å². The summed E-state index contributed by atoms with van der Waals surface area (Å²) in [5.74, 6) is -2.84. The molecule has 0 fully saturated rings. The van der Waals surface area contributed by atoms with Gasteiger partial charge in [-0.2, -0.15) is 0 Å². The van der Waals surface area contributed by atoms with Crippen molar-refractivity contribution in [3.63, 3.8) is 0 Å². The highest BCUT2D eigenvalue weighted by atomic mass is 35.5. The normalized spacial score (nSPS) is 12.2. The lowest BCUT2D eigenvalue weighted by atomic mass is 10.0. The van der Waals surface area contributed by atoms with E-state index in [0.717, 1.165) is 24.7 Å². The van der Waals surface area contributed by atoms with Gasteiger partial charge in [0.25, 0.3) is 5.91 Å². The lowest BCUT2D eigenvalue weighted by Crippen LogP contribution is -2.38. The minimum absolute atomic E-state index is 0.163. The number of likely N-dealkylation sites (N-methyl/N-ethyl adjacent to an activating group) is 1. The summed E-state index contributed by atoms with van der Waals surface area (Å²) >= 11 is 6.31. The number of nitrogens with zero attached hydrogens (tertiary/aromatic N) is 1. The molecule has 0 saturated heterocycles. The third kappa shape index (κ3) is 4.55. The number of rotatable bonds is 7. The summed E-state index contributed by atoms with van der Waals surface area (Å²) in [4.78, 5) is 14.4. The molecule has 1 N–H and O–H groups in total. The van der Waals surface area contributed by atoms with Gasteiger partial charge in [-0.1, -0.05) is 49.7 Å². The van der Waals surface area contributed by atoms with Gasteiger partial charge in [-0.15, -0.1) is 0 Å². The molecule has 0 aliphatic carbocycles. The minimum Gasteiger partial charge on any atom is -0.350 e. The summed E-state index contributed by atoms with van der Waals surface area (Å²) in [5.41, 5.74) is 0.574. The number of carbonyl (C=O) groups is 1. The van der Waals surface area contributed by atoms with E-state index in [-0.39, 0.29) is 18.2 Å². The number of nitrogens with one attached hydrogen (secondary N) is 1. The van der Waals surface area contributed by atoms with Crippen LogP contribution in [0.2, 0.25) is 5.02 Å². The van der Waals surface area contributed by atoms with Gasteiger partial charge in [0.15, 0.2) is 11.6 Å². The second-order valence-electron chi connectivity index (χ2n) is 5.57. The van der Waals surface area contributed by atoms with Gasteiger partial charge in [0.05, 0.1) is 11.6 Å². The molecular formula is C19H21ClF2N2O. The van der Waals surface area contributed by atoms with Crippen LogP contribution >= 0.6 is 11.6 Å². The molecule has 0 heterocycles. The average molecular weight is 367 g/mol. The Morgan fingerprint density at radius 2 is 1.80 bits per heavy atom. The molecular weight excluding hydrogens is 346 g/mol. The highest BCUT2D eigenvalue weighted by molar-refractivity contribution is 6.31. The number of benzene rings is 2. The van der Waals surface area contributed by atoms with E-state index >= 15 is 0 Å². The van der Waals surface area contributed by atoms with Crippen molar-refractivity contribution in [3.8, 4) is 0 Å². The number of amides is 1. The van der Waals surface area contributed by atoms with Crippen LogP contribution in [0.25, 0.3) is 0 Å². The Morgan fingerprint density at radius 3 is 2.44 bits per heavy atom. The molecule has 0 aromatic heterocycles. The van der Waals surface area contributed by atoms with Crippen molar-refractivity contribution in [2.75, 3.05) is 19.6 Å². The Bertz CT molecular complexity index is 735. The van der Waals surface area contributed by atoms with Gasteiger partial charge in [0.2, 0.25) is 0 Å². The zero-order valence-corrected chi connectivity index (χ0v) is 15.0. The molecule has 3 nitrogen and oxygen atoms in total. The van der Waals surface area contributed by atoms with E-state index in [2.05, 4.69) is 10.2 Å². The zero-order chi connectivity index (χ0) is 18.4. The molecule has 2 aromatic carbocycles. The fraction of sp³-hybridized carbons (Fsp3) is 0.316. The number of carbonyl (C=O) groups excluding carboxylic acids is 1. The van der Waals surface area contributed by atoms with Gasteiger partial charge in [0.1, 0.15) is 0 Å². The maximum atomic E-state index is 13.8. The first-order valence-corrected chi connectivity index (χ1v) is 8.58. The monoisotopic (exact) mass is 366 g/mol. The molecule has 0 saturated carbocycles. The van der Waals surface area contributed by atoms with Gasteiger partial charge in [0, 0.05) is 11.6 Å². The first kappa shape index (κ1) is 19.3. The third-order valence-corrected chi connectivity index (χ3v) is 4.51.